The van der Waals surface area contributed by atoms with Gasteiger partial charge in [0.25, 0.3) is 0 Å². The summed E-state index contributed by atoms with van der Waals surface area (Å²) in [5.41, 5.74) is 4.84. The first-order valence-corrected chi connectivity index (χ1v) is 13.5. The highest BCUT2D eigenvalue weighted by molar-refractivity contribution is 7.10. The Morgan fingerprint density at radius 1 is 0.889 bits per heavy atom. The maximum atomic E-state index is 13.4. The number of benzene rings is 2. The van der Waals surface area contributed by atoms with Crippen LogP contribution >= 0.6 is 11.3 Å². The van der Waals surface area contributed by atoms with Crippen molar-refractivity contribution in [2.24, 2.45) is 0 Å². The smallest absolute Gasteiger partial charge is 0.236 e. The van der Waals surface area contributed by atoms with Gasteiger partial charge in [0.2, 0.25) is 11.8 Å². The predicted octanol–water partition coefficient (Wildman–Crippen LogP) is 3.93. The van der Waals surface area contributed by atoms with Gasteiger partial charge in [-0.05, 0) is 59.2 Å². The largest absolute Gasteiger partial charge is 0.497 e. The summed E-state index contributed by atoms with van der Waals surface area (Å²) in [4.78, 5) is 33.8. The fourth-order valence-corrected chi connectivity index (χ4v) is 6.21. The van der Waals surface area contributed by atoms with Gasteiger partial charge in [-0.25, -0.2) is 0 Å². The quantitative estimate of drug-likeness (QED) is 0.512. The lowest BCUT2D eigenvalue weighted by Crippen LogP contribution is -2.53. The lowest BCUT2D eigenvalue weighted by atomic mass is 9.90. The average Bonchev–Trinajstić information content (AvgIpc) is 3.39. The van der Waals surface area contributed by atoms with Crippen LogP contribution in [0, 0.1) is 6.92 Å². The molecule has 0 unspecified atom stereocenters. The van der Waals surface area contributed by atoms with Crippen molar-refractivity contribution in [1.82, 2.24) is 14.7 Å². The Kier molecular flexibility index (Phi) is 7.39. The molecule has 0 spiro atoms. The third-order valence-corrected chi connectivity index (χ3v) is 8.38. The highest BCUT2D eigenvalue weighted by atomic mass is 32.1. The van der Waals surface area contributed by atoms with Gasteiger partial charge in [-0.15, -0.1) is 11.3 Å². The summed E-state index contributed by atoms with van der Waals surface area (Å²) in [6, 6.07) is 18.4. The van der Waals surface area contributed by atoms with Gasteiger partial charge in [-0.3, -0.25) is 14.5 Å². The van der Waals surface area contributed by atoms with Crippen LogP contribution in [0.25, 0.3) is 0 Å². The van der Waals surface area contributed by atoms with E-state index in [9.17, 15) is 9.59 Å². The average molecular weight is 504 g/mol. The molecule has 36 heavy (non-hydrogen) atoms. The molecule has 7 heteroatoms. The van der Waals surface area contributed by atoms with Crippen LogP contribution in [0.5, 0.6) is 5.75 Å². The highest BCUT2D eigenvalue weighted by Gasteiger charge is 2.33. The normalized spacial score (nSPS) is 18.1. The van der Waals surface area contributed by atoms with Crippen LogP contribution in [-0.2, 0) is 22.4 Å². The zero-order chi connectivity index (χ0) is 25.1. The first-order chi connectivity index (χ1) is 17.5. The summed E-state index contributed by atoms with van der Waals surface area (Å²) in [5.74, 6) is 1.04. The Morgan fingerprint density at radius 3 is 2.28 bits per heavy atom. The van der Waals surface area contributed by atoms with E-state index in [2.05, 4.69) is 47.5 Å². The van der Waals surface area contributed by atoms with Crippen molar-refractivity contribution in [3.63, 3.8) is 0 Å². The molecule has 2 aliphatic rings. The number of fused-ring (bicyclic) bond motifs is 1. The van der Waals surface area contributed by atoms with Gasteiger partial charge in [0.05, 0.1) is 26.1 Å². The van der Waals surface area contributed by atoms with Crippen LogP contribution in [0.3, 0.4) is 0 Å². The van der Waals surface area contributed by atoms with Gasteiger partial charge in [0.1, 0.15) is 5.75 Å². The molecular weight excluding hydrogens is 470 g/mol. The second-order valence-electron chi connectivity index (χ2n) is 9.57. The van der Waals surface area contributed by atoms with E-state index in [1.807, 2.05) is 45.4 Å². The minimum atomic E-state index is 0.105. The number of amides is 2. The number of hydrogen-bond donors (Lipinski definition) is 0. The molecule has 3 aromatic rings. The molecule has 188 valence electrons. The van der Waals surface area contributed by atoms with Crippen LogP contribution in [-0.4, -0.2) is 72.9 Å². The van der Waals surface area contributed by atoms with Gasteiger partial charge in [-0.2, -0.15) is 0 Å². The summed E-state index contributed by atoms with van der Waals surface area (Å²) >= 11 is 1.82. The van der Waals surface area contributed by atoms with Crippen LogP contribution in [0.4, 0.5) is 0 Å². The number of rotatable bonds is 6. The van der Waals surface area contributed by atoms with Gasteiger partial charge >= 0.3 is 0 Å². The van der Waals surface area contributed by atoms with Gasteiger partial charge < -0.3 is 14.5 Å². The summed E-state index contributed by atoms with van der Waals surface area (Å²) in [5, 5.41) is 2.17. The van der Waals surface area contributed by atoms with Crippen molar-refractivity contribution in [1.29, 1.82) is 0 Å². The standard InChI is InChI=1S/C29H33N3O3S/c1-21-5-3-4-6-24(21)29-25-12-18-36-26(25)11-13-32(29)20-28(34)31-16-14-30(15-17-31)27(33)19-22-7-9-23(35-2)10-8-22/h3-10,12,18,29H,11,13-17,19-20H2,1-2H3/t29-/m1/s1. The highest BCUT2D eigenvalue weighted by Crippen LogP contribution is 2.38. The van der Waals surface area contributed by atoms with E-state index >= 15 is 0 Å². The summed E-state index contributed by atoms with van der Waals surface area (Å²) in [6.07, 6.45) is 1.35. The van der Waals surface area contributed by atoms with Gasteiger partial charge in [0, 0.05) is 37.6 Å². The number of nitrogens with zero attached hydrogens (tertiary/aromatic N) is 3. The van der Waals surface area contributed by atoms with Crippen molar-refractivity contribution in [2.75, 3.05) is 46.4 Å². The van der Waals surface area contributed by atoms with Crippen LogP contribution in [0.15, 0.2) is 60.0 Å². The molecule has 0 aliphatic carbocycles. The molecule has 6 nitrogen and oxygen atoms in total. The molecule has 0 bridgehead atoms. The monoisotopic (exact) mass is 503 g/mol. The van der Waals surface area contributed by atoms with E-state index in [0.717, 1.165) is 24.3 Å². The predicted molar refractivity (Wildman–Crippen MR) is 142 cm³/mol. The van der Waals surface area contributed by atoms with E-state index < -0.39 is 0 Å². The maximum Gasteiger partial charge on any atom is 0.236 e. The number of hydrogen-bond acceptors (Lipinski definition) is 5. The molecule has 1 aromatic heterocycles. The van der Waals surface area contributed by atoms with Crippen LogP contribution in [0.2, 0.25) is 0 Å². The molecule has 1 atom stereocenters. The van der Waals surface area contributed by atoms with Crippen molar-refractivity contribution < 1.29 is 14.3 Å². The second kappa shape index (κ2) is 10.8. The lowest BCUT2D eigenvalue weighted by molar-refractivity contribution is -0.140. The Hall–Kier alpha value is -3.16. The van der Waals surface area contributed by atoms with Crippen molar-refractivity contribution in [3.8, 4) is 5.75 Å². The van der Waals surface area contributed by atoms with E-state index in [0.29, 0.717) is 39.1 Å². The number of methoxy groups -OCH3 is 1. The number of piperazine rings is 1. The van der Waals surface area contributed by atoms with Crippen LogP contribution < -0.4 is 4.74 Å². The Balaban J connectivity index is 1.20. The van der Waals surface area contributed by atoms with Gasteiger partial charge in [0.15, 0.2) is 0 Å². The molecule has 0 N–H and O–H groups in total. The van der Waals surface area contributed by atoms with Gasteiger partial charge in [-0.1, -0.05) is 36.4 Å². The molecule has 2 amide bonds. The number of thiophene rings is 1. The molecular formula is C29H33N3O3S. The first-order valence-electron chi connectivity index (χ1n) is 12.6. The lowest BCUT2D eigenvalue weighted by Gasteiger charge is -2.39. The zero-order valence-corrected chi connectivity index (χ0v) is 21.8. The number of carbonyl (C=O) groups is 2. The van der Waals surface area contributed by atoms with E-state index in [1.54, 1.807) is 7.11 Å². The second-order valence-corrected chi connectivity index (χ2v) is 10.6. The molecule has 0 radical (unpaired) electrons. The van der Waals surface area contributed by atoms with Crippen molar-refractivity contribution in [2.45, 2.75) is 25.8 Å². The van der Waals surface area contributed by atoms with E-state index in [4.69, 9.17) is 4.74 Å². The number of carbonyl (C=O) groups excluding carboxylic acids is 2. The number of aryl methyl sites for hydroxylation is 1. The third-order valence-electron chi connectivity index (χ3n) is 7.39. The van der Waals surface area contributed by atoms with E-state index in [1.165, 1.54) is 21.6 Å². The fourth-order valence-electron chi connectivity index (χ4n) is 5.31. The maximum absolute atomic E-state index is 13.4. The third kappa shape index (κ3) is 5.18. The molecule has 1 saturated heterocycles. The minimum Gasteiger partial charge on any atom is -0.497 e. The first kappa shape index (κ1) is 24.5. The topological polar surface area (TPSA) is 53.1 Å². The minimum absolute atomic E-state index is 0.105. The molecule has 2 aliphatic heterocycles. The van der Waals surface area contributed by atoms with Crippen LogP contribution in [0.1, 0.15) is 33.2 Å². The molecule has 5 rings (SSSR count). The zero-order valence-electron chi connectivity index (χ0n) is 21.0. The summed E-state index contributed by atoms with van der Waals surface area (Å²) in [7, 11) is 1.63. The molecule has 0 saturated carbocycles. The Labute approximate surface area is 217 Å². The Morgan fingerprint density at radius 2 is 1.58 bits per heavy atom. The Bertz CT molecular complexity index is 1210. The number of ether oxygens (including phenoxy) is 1. The van der Waals surface area contributed by atoms with Crippen molar-refractivity contribution in [3.05, 3.63) is 87.1 Å². The molecule has 3 heterocycles. The fraction of sp³-hybridized carbons (Fsp3) is 0.379. The van der Waals surface area contributed by atoms with Crippen molar-refractivity contribution >= 4 is 23.2 Å². The summed E-state index contributed by atoms with van der Waals surface area (Å²) < 4.78 is 5.19. The summed E-state index contributed by atoms with van der Waals surface area (Å²) in [6.45, 7) is 5.75. The van der Waals surface area contributed by atoms with E-state index in [-0.39, 0.29) is 17.9 Å². The SMILES string of the molecule is COc1ccc(CC(=O)N2CCN(C(=O)CN3CCc4sccc4[C@H]3c3ccccc3C)CC2)cc1. The molecule has 1 fully saturated rings. The molecule has 2 aromatic carbocycles.